The number of hydrogen-bond acceptors (Lipinski definition) is 4. The van der Waals surface area contributed by atoms with Crippen LogP contribution in [0.25, 0.3) is 6.08 Å². The van der Waals surface area contributed by atoms with Gasteiger partial charge in [0.2, 0.25) is 0 Å². The van der Waals surface area contributed by atoms with Crippen LogP contribution in [0.3, 0.4) is 0 Å². The number of anilines is 1. The number of nitrogens with zero attached hydrogens (tertiary/aromatic N) is 1. The van der Waals surface area contributed by atoms with Crippen molar-refractivity contribution in [3.05, 3.63) is 65.0 Å². The average molecular weight is 355 g/mol. The maximum Gasteiger partial charge on any atom is 0.185 e. The van der Waals surface area contributed by atoms with Crippen LogP contribution in [0.4, 0.5) is 10.1 Å². The van der Waals surface area contributed by atoms with Gasteiger partial charge in [0.1, 0.15) is 11.6 Å². The van der Waals surface area contributed by atoms with Crippen molar-refractivity contribution in [3.63, 3.8) is 0 Å². The van der Waals surface area contributed by atoms with E-state index in [2.05, 4.69) is 0 Å². The molecule has 1 aliphatic rings. The zero-order chi connectivity index (χ0) is 18.5. The lowest BCUT2D eigenvalue weighted by Crippen LogP contribution is -2.36. The molecule has 2 aromatic rings. The van der Waals surface area contributed by atoms with Gasteiger partial charge in [-0.05, 0) is 54.5 Å². The molecule has 136 valence electrons. The maximum atomic E-state index is 14.4. The summed E-state index contributed by atoms with van der Waals surface area (Å²) in [5.41, 5.74) is 2.73. The molecule has 0 atom stereocenters. The molecule has 0 bridgehead atoms. The van der Waals surface area contributed by atoms with Gasteiger partial charge >= 0.3 is 0 Å². The van der Waals surface area contributed by atoms with Crippen molar-refractivity contribution in [3.8, 4) is 5.75 Å². The quantitative estimate of drug-likeness (QED) is 0.603. The van der Waals surface area contributed by atoms with Gasteiger partial charge in [0.15, 0.2) is 5.78 Å². The first-order valence-corrected chi connectivity index (χ1v) is 8.58. The molecule has 0 spiro atoms. The second-order valence-corrected chi connectivity index (χ2v) is 6.19. The van der Waals surface area contributed by atoms with E-state index in [-0.39, 0.29) is 11.6 Å². The summed E-state index contributed by atoms with van der Waals surface area (Å²) in [6.45, 7) is 4.42. The van der Waals surface area contributed by atoms with Gasteiger partial charge in [-0.15, -0.1) is 0 Å². The molecule has 0 amide bonds. The Hall–Kier alpha value is -2.66. The van der Waals surface area contributed by atoms with Gasteiger partial charge in [0.05, 0.1) is 26.0 Å². The van der Waals surface area contributed by atoms with Crippen molar-refractivity contribution in [2.75, 3.05) is 38.3 Å². The topological polar surface area (TPSA) is 38.8 Å². The molecule has 2 aromatic carbocycles. The molecule has 0 saturated carbocycles. The summed E-state index contributed by atoms with van der Waals surface area (Å²) in [5, 5.41) is 0. The van der Waals surface area contributed by atoms with Crippen molar-refractivity contribution in [1.29, 1.82) is 0 Å². The molecule has 3 rings (SSSR count). The van der Waals surface area contributed by atoms with E-state index in [1.807, 2.05) is 30.0 Å². The fraction of sp³-hybridized carbons (Fsp3) is 0.286. The molecule has 1 fully saturated rings. The Labute approximate surface area is 152 Å². The molecule has 1 saturated heterocycles. The Morgan fingerprint density at radius 1 is 1.19 bits per heavy atom. The number of methoxy groups -OCH3 is 1. The highest BCUT2D eigenvalue weighted by Crippen LogP contribution is 2.23. The van der Waals surface area contributed by atoms with E-state index in [9.17, 15) is 9.18 Å². The number of aryl methyl sites for hydroxylation is 1. The van der Waals surface area contributed by atoms with Crippen LogP contribution in [0.5, 0.6) is 5.75 Å². The predicted octanol–water partition coefficient (Wildman–Crippen LogP) is 3.88. The lowest BCUT2D eigenvalue weighted by molar-refractivity contribution is 0.104. The number of ether oxygens (including phenoxy) is 2. The van der Waals surface area contributed by atoms with E-state index in [0.717, 1.165) is 16.9 Å². The van der Waals surface area contributed by atoms with E-state index in [0.29, 0.717) is 37.6 Å². The van der Waals surface area contributed by atoms with Crippen LogP contribution in [0, 0.1) is 12.7 Å². The largest absolute Gasteiger partial charge is 0.496 e. The fourth-order valence-electron chi connectivity index (χ4n) is 2.99. The summed E-state index contributed by atoms with van der Waals surface area (Å²) in [6.07, 6.45) is 3.19. The lowest BCUT2D eigenvalue weighted by Gasteiger charge is -2.29. The number of hydrogen-bond donors (Lipinski definition) is 0. The van der Waals surface area contributed by atoms with Crippen molar-refractivity contribution in [2.24, 2.45) is 0 Å². The standard InChI is InChI=1S/C21H22FNO3/c1-15-13-16(4-8-21(15)25-2)3-7-20(24)17-5-6-19(18(22)14-17)23-9-11-26-12-10-23/h3-8,13-14H,9-12H2,1-2H3/b7-3+. The van der Waals surface area contributed by atoms with Gasteiger partial charge in [-0.2, -0.15) is 0 Å². The van der Waals surface area contributed by atoms with Crippen molar-refractivity contribution in [1.82, 2.24) is 0 Å². The van der Waals surface area contributed by atoms with E-state index < -0.39 is 0 Å². The Balaban J connectivity index is 1.73. The van der Waals surface area contributed by atoms with Crippen molar-refractivity contribution < 1.29 is 18.7 Å². The summed E-state index contributed by atoms with van der Waals surface area (Å²) in [7, 11) is 1.62. The third-order valence-corrected chi connectivity index (χ3v) is 4.43. The number of carbonyl (C=O) groups excluding carboxylic acids is 1. The smallest absolute Gasteiger partial charge is 0.185 e. The summed E-state index contributed by atoms with van der Waals surface area (Å²) in [6, 6.07) is 10.3. The monoisotopic (exact) mass is 355 g/mol. The van der Waals surface area contributed by atoms with Crippen LogP contribution in [0.15, 0.2) is 42.5 Å². The van der Waals surface area contributed by atoms with Crippen LogP contribution in [0.2, 0.25) is 0 Å². The van der Waals surface area contributed by atoms with Gasteiger partial charge in [0.25, 0.3) is 0 Å². The number of carbonyl (C=O) groups is 1. The third-order valence-electron chi connectivity index (χ3n) is 4.43. The van der Waals surface area contributed by atoms with Crippen LogP contribution in [-0.4, -0.2) is 39.2 Å². The van der Waals surface area contributed by atoms with Crippen LogP contribution >= 0.6 is 0 Å². The first-order valence-electron chi connectivity index (χ1n) is 8.58. The summed E-state index contributed by atoms with van der Waals surface area (Å²) >= 11 is 0. The van der Waals surface area contributed by atoms with E-state index in [1.165, 1.54) is 12.1 Å². The highest BCUT2D eigenvalue weighted by Gasteiger charge is 2.16. The van der Waals surface area contributed by atoms with Crippen molar-refractivity contribution >= 4 is 17.5 Å². The maximum absolute atomic E-state index is 14.4. The molecule has 0 aromatic heterocycles. The van der Waals surface area contributed by atoms with Gasteiger partial charge in [-0.25, -0.2) is 4.39 Å². The number of rotatable bonds is 5. The van der Waals surface area contributed by atoms with Gasteiger partial charge < -0.3 is 14.4 Å². The minimum Gasteiger partial charge on any atom is -0.496 e. The van der Waals surface area contributed by atoms with E-state index >= 15 is 0 Å². The van der Waals surface area contributed by atoms with E-state index in [4.69, 9.17) is 9.47 Å². The van der Waals surface area contributed by atoms with Gasteiger partial charge in [-0.1, -0.05) is 12.1 Å². The van der Waals surface area contributed by atoms with Crippen LogP contribution in [0.1, 0.15) is 21.5 Å². The molecule has 5 heteroatoms. The Morgan fingerprint density at radius 2 is 1.96 bits per heavy atom. The van der Waals surface area contributed by atoms with E-state index in [1.54, 1.807) is 25.3 Å². The average Bonchev–Trinajstić information content (AvgIpc) is 2.66. The highest BCUT2D eigenvalue weighted by atomic mass is 19.1. The zero-order valence-electron chi connectivity index (χ0n) is 15.0. The normalized spacial score (nSPS) is 14.7. The molecule has 0 N–H and O–H groups in total. The number of ketones is 1. The van der Waals surface area contributed by atoms with Crippen LogP contribution in [-0.2, 0) is 4.74 Å². The SMILES string of the molecule is COc1ccc(/C=C/C(=O)c2ccc(N3CCOCC3)c(F)c2)cc1C. The summed E-state index contributed by atoms with van der Waals surface area (Å²) in [4.78, 5) is 14.3. The molecule has 0 unspecified atom stereocenters. The van der Waals surface area contributed by atoms with Gasteiger partial charge in [-0.3, -0.25) is 4.79 Å². The molecule has 1 aliphatic heterocycles. The Bertz CT molecular complexity index is 826. The number of halogens is 1. The number of allylic oxidation sites excluding steroid dienone is 1. The summed E-state index contributed by atoms with van der Waals surface area (Å²) in [5.74, 6) is 0.187. The second kappa shape index (κ2) is 8.15. The molecule has 0 aliphatic carbocycles. The molecular weight excluding hydrogens is 333 g/mol. The minimum atomic E-state index is -0.383. The lowest BCUT2D eigenvalue weighted by atomic mass is 10.1. The predicted molar refractivity (Wildman–Crippen MR) is 101 cm³/mol. The number of morpholine rings is 1. The molecular formula is C21H22FNO3. The first-order chi connectivity index (χ1) is 12.6. The first kappa shape index (κ1) is 18.1. The molecule has 0 radical (unpaired) electrons. The molecule has 1 heterocycles. The van der Waals surface area contributed by atoms with Crippen LogP contribution < -0.4 is 9.64 Å². The second-order valence-electron chi connectivity index (χ2n) is 6.19. The Kier molecular flexibility index (Phi) is 5.68. The zero-order valence-corrected chi connectivity index (χ0v) is 15.0. The fourth-order valence-corrected chi connectivity index (χ4v) is 2.99. The highest BCUT2D eigenvalue weighted by molar-refractivity contribution is 6.07. The third kappa shape index (κ3) is 4.11. The summed E-state index contributed by atoms with van der Waals surface area (Å²) < 4.78 is 24.9. The molecule has 26 heavy (non-hydrogen) atoms. The Morgan fingerprint density at radius 3 is 2.62 bits per heavy atom. The minimum absolute atomic E-state index is 0.231. The number of benzene rings is 2. The van der Waals surface area contributed by atoms with Crippen molar-refractivity contribution in [2.45, 2.75) is 6.92 Å². The molecule has 4 nitrogen and oxygen atoms in total. The van der Waals surface area contributed by atoms with Gasteiger partial charge in [0, 0.05) is 18.7 Å².